The summed E-state index contributed by atoms with van der Waals surface area (Å²) in [7, 11) is -3.52. The maximum atomic E-state index is 12.1. The molecule has 2 N–H and O–H groups in total. The van der Waals surface area contributed by atoms with Gasteiger partial charge in [0.2, 0.25) is 10.0 Å². The lowest BCUT2D eigenvalue weighted by molar-refractivity contribution is 0.224. The fourth-order valence-electron chi connectivity index (χ4n) is 2.18. The highest BCUT2D eigenvalue weighted by atomic mass is 32.2. The third-order valence-electron chi connectivity index (χ3n) is 3.50. The van der Waals surface area contributed by atoms with E-state index >= 15 is 0 Å². The lowest BCUT2D eigenvalue weighted by atomic mass is 10.2. The zero-order chi connectivity index (χ0) is 17.7. The molecular formula is C18H17NO3S3. The fraction of sp³-hybridized carbons (Fsp3) is 0.111. The smallest absolute Gasteiger partial charge is 0.234 e. The normalized spacial score (nSPS) is 13.3. The molecule has 1 atom stereocenters. The second-order valence-electron chi connectivity index (χ2n) is 5.34. The number of aliphatic hydroxyl groups is 1. The molecule has 0 aliphatic carbocycles. The van der Waals surface area contributed by atoms with Crippen LogP contribution in [0.5, 0.6) is 0 Å². The van der Waals surface area contributed by atoms with Crippen LogP contribution in [-0.4, -0.2) is 13.5 Å². The summed E-state index contributed by atoms with van der Waals surface area (Å²) in [6.07, 6.45) is 0.891. The fourth-order valence-corrected chi connectivity index (χ4v) is 4.71. The summed E-state index contributed by atoms with van der Waals surface area (Å²) in [5.74, 6) is 0. The molecular weight excluding hydrogens is 374 g/mol. The summed E-state index contributed by atoms with van der Waals surface area (Å²) in [6.45, 7) is 0.197. The summed E-state index contributed by atoms with van der Waals surface area (Å²) in [6, 6.07) is 14.8. The number of rotatable bonds is 7. The highest BCUT2D eigenvalue weighted by molar-refractivity contribution is 7.92. The molecule has 0 aliphatic heterocycles. The van der Waals surface area contributed by atoms with E-state index in [0.29, 0.717) is 0 Å². The Labute approximate surface area is 155 Å². The zero-order valence-corrected chi connectivity index (χ0v) is 15.7. The number of thiophene rings is 2. The van der Waals surface area contributed by atoms with Crippen LogP contribution in [0.2, 0.25) is 0 Å². The van der Waals surface area contributed by atoms with Crippen LogP contribution in [-0.2, 0) is 16.6 Å². The summed E-state index contributed by atoms with van der Waals surface area (Å²) < 4.78 is 26.7. The van der Waals surface area contributed by atoms with Crippen molar-refractivity contribution in [3.63, 3.8) is 0 Å². The molecule has 0 amide bonds. The number of benzene rings is 1. The first-order valence-corrected chi connectivity index (χ1v) is 10.9. The van der Waals surface area contributed by atoms with Crippen LogP contribution >= 0.6 is 22.7 Å². The Morgan fingerprint density at radius 3 is 2.64 bits per heavy atom. The Morgan fingerprint density at radius 2 is 1.92 bits per heavy atom. The van der Waals surface area contributed by atoms with Crippen LogP contribution in [0.4, 0.5) is 0 Å². The average Bonchev–Trinajstić information content (AvgIpc) is 3.31. The van der Waals surface area contributed by atoms with Gasteiger partial charge in [-0.05, 0) is 46.2 Å². The molecule has 130 valence electrons. The van der Waals surface area contributed by atoms with Gasteiger partial charge in [0.05, 0.1) is 0 Å². The lowest BCUT2D eigenvalue weighted by Crippen LogP contribution is -2.19. The first-order chi connectivity index (χ1) is 12.0. The van der Waals surface area contributed by atoms with Crippen molar-refractivity contribution in [3.05, 3.63) is 85.6 Å². The molecule has 1 aromatic carbocycles. The summed E-state index contributed by atoms with van der Waals surface area (Å²) in [5, 5.41) is 15.3. The second-order valence-corrected chi connectivity index (χ2v) is 8.97. The van der Waals surface area contributed by atoms with Gasteiger partial charge in [-0.25, -0.2) is 13.1 Å². The average molecular weight is 392 g/mol. The highest BCUT2D eigenvalue weighted by Crippen LogP contribution is 2.29. The lowest BCUT2D eigenvalue weighted by Gasteiger charge is -2.05. The molecule has 4 nitrogen and oxygen atoms in total. The van der Waals surface area contributed by atoms with Crippen molar-refractivity contribution >= 4 is 38.8 Å². The first kappa shape index (κ1) is 18.0. The topological polar surface area (TPSA) is 66.4 Å². The van der Waals surface area contributed by atoms with E-state index in [1.165, 1.54) is 22.7 Å². The van der Waals surface area contributed by atoms with Crippen LogP contribution in [0.1, 0.15) is 27.0 Å². The molecule has 2 aromatic heterocycles. The first-order valence-electron chi connectivity index (χ1n) is 7.55. The molecule has 0 bridgehead atoms. The molecule has 0 saturated carbocycles. The summed E-state index contributed by atoms with van der Waals surface area (Å²) in [4.78, 5) is 1.65. The predicted molar refractivity (Wildman–Crippen MR) is 104 cm³/mol. The minimum atomic E-state index is -3.52. The van der Waals surface area contributed by atoms with Gasteiger partial charge in [-0.1, -0.05) is 30.3 Å². The molecule has 0 aliphatic rings. The van der Waals surface area contributed by atoms with Gasteiger partial charge < -0.3 is 5.11 Å². The van der Waals surface area contributed by atoms with E-state index in [0.717, 1.165) is 26.3 Å². The molecule has 3 aromatic rings. The minimum absolute atomic E-state index is 0.197. The SMILES string of the molecule is O=S(=O)(/C=C/c1ccccc1)NCc1ccc(C(O)c2ccsc2)s1. The second kappa shape index (κ2) is 8.07. The Morgan fingerprint density at radius 1 is 1.12 bits per heavy atom. The van der Waals surface area contributed by atoms with Gasteiger partial charge in [-0.3, -0.25) is 0 Å². The van der Waals surface area contributed by atoms with Gasteiger partial charge in [0, 0.05) is 21.7 Å². The number of hydrogen-bond acceptors (Lipinski definition) is 5. The van der Waals surface area contributed by atoms with E-state index in [-0.39, 0.29) is 6.54 Å². The van der Waals surface area contributed by atoms with Crippen molar-refractivity contribution in [1.29, 1.82) is 0 Å². The third kappa shape index (κ3) is 5.10. The summed E-state index contributed by atoms with van der Waals surface area (Å²) >= 11 is 2.93. The van der Waals surface area contributed by atoms with Crippen molar-refractivity contribution in [2.45, 2.75) is 12.6 Å². The molecule has 0 spiro atoms. The molecule has 1 unspecified atom stereocenters. The largest absolute Gasteiger partial charge is 0.383 e. The standard InChI is InChI=1S/C18H17NO3S3/c20-18(15-8-10-23-13-15)17-7-6-16(24-17)12-19-25(21,22)11-9-14-4-2-1-3-5-14/h1-11,13,18-20H,12H2/b11-9+. The monoisotopic (exact) mass is 391 g/mol. The third-order valence-corrected chi connectivity index (χ3v) is 6.38. The van der Waals surface area contributed by atoms with Gasteiger partial charge in [0.25, 0.3) is 0 Å². The maximum absolute atomic E-state index is 12.1. The minimum Gasteiger partial charge on any atom is -0.383 e. The van der Waals surface area contributed by atoms with E-state index in [4.69, 9.17) is 0 Å². The van der Waals surface area contributed by atoms with E-state index in [9.17, 15) is 13.5 Å². The molecule has 0 saturated heterocycles. The highest BCUT2D eigenvalue weighted by Gasteiger charge is 2.14. The Hall–Kier alpha value is -1.77. The van der Waals surface area contributed by atoms with E-state index in [1.54, 1.807) is 6.08 Å². The molecule has 0 radical (unpaired) electrons. The van der Waals surface area contributed by atoms with E-state index in [2.05, 4.69) is 4.72 Å². The van der Waals surface area contributed by atoms with Crippen molar-refractivity contribution < 1.29 is 13.5 Å². The Kier molecular flexibility index (Phi) is 5.82. The number of hydrogen-bond donors (Lipinski definition) is 2. The van der Waals surface area contributed by atoms with E-state index in [1.807, 2.05) is 59.3 Å². The Balaban J connectivity index is 1.61. The molecule has 25 heavy (non-hydrogen) atoms. The molecule has 2 heterocycles. The molecule has 3 rings (SSSR count). The predicted octanol–water partition coefficient (Wildman–Crippen LogP) is 3.98. The van der Waals surface area contributed by atoms with Gasteiger partial charge in [-0.15, -0.1) is 11.3 Å². The van der Waals surface area contributed by atoms with Gasteiger partial charge >= 0.3 is 0 Å². The molecule has 7 heteroatoms. The van der Waals surface area contributed by atoms with Crippen molar-refractivity contribution in [3.8, 4) is 0 Å². The van der Waals surface area contributed by atoms with Crippen molar-refractivity contribution in [2.24, 2.45) is 0 Å². The number of sulfonamides is 1. The van der Waals surface area contributed by atoms with Crippen LogP contribution in [0, 0.1) is 0 Å². The van der Waals surface area contributed by atoms with Crippen molar-refractivity contribution in [2.75, 3.05) is 0 Å². The van der Waals surface area contributed by atoms with Gasteiger partial charge in [0.15, 0.2) is 0 Å². The Bertz CT molecular complexity index is 929. The van der Waals surface area contributed by atoms with Gasteiger partial charge in [0.1, 0.15) is 6.10 Å². The maximum Gasteiger partial charge on any atom is 0.234 e. The number of aliphatic hydroxyl groups excluding tert-OH is 1. The van der Waals surface area contributed by atoms with E-state index < -0.39 is 16.1 Å². The van der Waals surface area contributed by atoms with Gasteiger partial charge in [-0.2, -0.15) is 11.3 Å². The summed E-state index contributed by atoms with van der Waals surface area (Å²) in [5.41, 5.74) is 1.68. The number of nitrogens with one attached hydrogen (secondary N) is 1. The van der Waals surface area contributed by atoms with Crippen LogP contribution in [0.3, 0.4) is 0 Å². The van der Waals surface area contributed by atoms with Crippen LogP contribution in [0.15, 0.2) is 64.7 Å². The molecule has 0 fully saturated rings. The van der Waals surface area contributed by atoms with Crippen LogP contribution in [0.25, 0.3) is 6.08 Å². The zero-order valence-electron chi connectivity index (χ0n) is 13.2. The van der Waals surface area contributed by atoms with Crippen LogP contribution < -0.4 is 4.72 Å². The van der Waals surface area contributed by atoms with Crippen molar-refractivity contribution in [1.82, 2.24) is 4.72 Å². The quantitative estimate of drug-likeness (QED) is 0.640.